The highest BCUT2D eigenvalue weighted by atomic mass is 16.5. The molecule has 2 aliphatic rings. The first-order valence-electron chi connectivity index (χ1n) is 11.6. The minimum atomic E-state index is -0.506. The van der Waals surface area contributed by atoms with Crippen LogP contribution in [0.1, 0.15) is 25.8 Å². The maximum absolute atomic E-state index is 13.9. The van der Waals surface area contributed by atoms with Crippen molar-refractivity contribution < 1.29 is 14.3 Å². The molecule has 2 aromatic carbocycles. The smallest absolute Gasteiger partial charge is 0.254 e. The molecule has 35 heavy (non-hydrogen) atoms. The van der Waals surface area contributed by atoms with Gasteiger partial charge in [0, 0.05) is 25.1 Å². The highest BCUT2D eigenvalue weighted by molar-refractivity contribution is 6.17. The zero-order valence-electron chi connectivity index (χ0n) is 20.2. The average molecular weight is 470 g/mol. The van der Waals surface area contributed by atoms with Gasteiger partial charge in [-0.05, 0) is 61.4 Å². The van der Waals surface area contributed by atoms with Gasteiger partial charge >= 0.3 is 0 Å². The molecule has 0 fully saturated rings. The zero-order chi connectivity index (χ0) is 24.5. The summed E-state index contributed by atoms with van der Waals surface area (Å²) in [6.07, 6.45) is 6.27. The van der Waals surface area contributed by atoms with E-state index >= 15 is 0 Å². The van der Waals surface area contributed by atoms with Crippen molar-refractivity contribution >= 4 is 39.7 Å². The zero-order valence-corrected chi connectivity index (χ0v) is 20.2. The Morgan fingerprint density at radius 2 is 1.94 bits per heavy atom. The molecule has 0 N–H and O–H groups in total. The largest absolute Gasteiger partial charge is 0.497 e. The number of hydrazone groups is 1. The minimum Gasteiger partial charge on any atom is -0.497 e. The van der Waals surface area contributed by atoms with Crippen LogP contribution in [0.3, 0.4) is 0 Å². The molecule has 8 nitrogen and oxygen atoms in total. The van der Waals surface area contributed by atoms with Crippen molar-refractivity contribution in [2.75, 3.05) is 18.7 Å². The molecule has 5 rings (SSSR count). The number of hydrogen-bond donors (Lipinski definition) is 0. The van der Waals surface area contributed by atoms with E-state index in [1.165, 1.54) is 5.01 Å². The summed E-state index contributed by atoms with van der Waals surface area (Å²) >= 11 is 0. The van der Waals surface area contributed by atoms with Crippen LogP contribution in [-0.4, -0.2) is 41.0 Å². The molecular weight excluding hydrogens is 442 g/mol. The van der Waals surface area contributed by atoms with Gasteiger partial charge in [0.25, 0.3) is 5.91 Å². The first-order chi connectivity index (χ1) is 17.0. The molecule has 2 aliphatic heterocycles. The lowest BCUT2D eigenvalue weighted by atomic mass is 9.89. The molecule has 3 aromatic rings. The maximum Gasteiger partial charge on any atom is 0.254 e. The Balaban J connectivity index is 1.68. The van der Waals surface area contributed by atoms with Gasteiger partial charge < -0.3 is 9.47 Å². The molecule has 0 bridgehead atoms. The Bertz CT molecular complexity index is 1410. The first kappa shape index (κ1) is 22.6. The number of fused-ring (bicyclic) bond motifs is 2. The Hall–Kier alpha value is -4.20. The van der Waals surface area contributed by atoms with Crippen LogP contribution in [0.25, 0.3) is 16.5 Å². The van der Waals surface area contributed by atoms with E-state index in [1.54, 1.807) is 11.8 Å². The molecule has 0 saturated carbocycles. The van der Waals surface area contributed by atoms with Crippen molar-refractivity contribution in [3.05, 3.63) is 72.1 Å². The molecule has 0 radical (unpaired) electrons. The molecule has 178 valence electrons. The normalized spacial score (nSPS) is 18.1. The van der Waals surface area contributed by atoms with Crippen LogP contribution >= 0.6 is 0 Å². The van der Waals surface area contributed by atoms with Crippen molar-refractivity contribution in [3.63, 3.8) is 0 Å². The highest BCUT2D eigenvalue weighted by Crippen LogP contribution is 2.36. The second-order valence-electron chi connectivity index (χ2n) is 8.44. The fraction of sp³-hybridized carbons (Fsp3) is 0.259. The number of anilines is 1. The van der Waals surface area contributed by atoms with Gasteiger partial charge in [0.2, 0.25) is 5.90 Å². The van der Waals surface area contributed by atoms with Gasteiger partial charge in [0.15, 0.2) is 0 Å². The third kappa shape index (κ3) is 4.23. The minimum absolute atomic E-state index is 0.135. The molecule has 1 aromatic heterocycles. The van der Waals surface area contributed by atoms with Crippen molar-refractivity contribution in [1.82, 2.24) is 9.78 Å². The fourth-order valence-electron chi connectivity index (χ4n) is 4.40. The van der Waals surface area contributed by atoms with Crippen molar-refractivity contribution in [2.24, 2.45) is 23.1 Å². The van der Waals surface area contributed by atoms with E-state index in [2.05, 4.69) is 5.10 Å². The molecule has 0 aliphatic carbocycles. The summed E-state index contributed by atoms with van der Waals surface area (Å²) < 4.78 is 12.8. The summed E-state index contributed by atoms with van der Waals surface area (Å²) in [5.74, 6) is 0.607. The van der Waals surface area contributed by atoms with Gasteiger partial charge in [-0.25, -0.2) is 4.99 Å². The summed E-state index contributed by atoms with van der Waals surface area (Å²) in [5.41, 5.74) is 4.61. The van der Waals surface area contributed by atoms with Gasteiger partial charge in [-0.15, -0.1) is 0 Å². The number of aliphatic imine (C=N–C) groups is 1. The number of carbonyl (C=O) groups excluding carboxylic acids is 1. The van der Waals surface area contributed by atoms with Crippen LogP contribution in [0.4, 0.5) is 5.69 Å². The van der Waals surface area contributed by atoms with E-state index in [4.69, 9.17) is 19.6 Å². The Morgan fingerprint density at radius 3 is 2.69 bits per heavy atom. The second-order valence-corrected chi connectivity index (χ2v) is 8.44. The fourth-order valence-corrected chi connectivity index (χ4v) is 4.40. The lowest BCUT2D eigenvalue weighted by Gasteiger charge is -2.21. The quantitative estimate of drug-likeness (QED) is 0.553. The molecule has 0 spiro atoms. The van der Waals surface area contributed by atoms with Crippen LogP contribution < -0.4 is 9.75 Å². The van der Waals surface area contributed by atoms with Gasteiger partial charge in [0.1, 0.15) is 5.75 Å². The van der Waals surface area contributed by atoms with Gasteiger partial charge in [-0.2, -0.15) is 15.2 Å². The molecule has 1 atom stereocenters. The molecule has 1 unspecified atom stereocenters. The number of rotatable bonds is 4. The van der Waals surface area contributed by atoms with Crippen molar-refractivity contribution in [2.45, 2.75) is 20.3 Å². The lowest BCUT2D eigenvalue weighted by molar-refractivity contribution is -0.120. The summed E-state index contributed by atoms with van der Waals surface area (Å²) in [6, 6.07) is 13.4. The number of allylic oxidation sites excluding steroid dienone is 2. The molecular formula is C27H27N5O3. The topological polar surface area (TPSA) is 81.3 Å². The van der Waals surface area contributed by atoms with E-state index in [9.17, 15) is 4.79 Å². The molecule has 1 amide bonds. The number of ether oxygens (including phenoxy) is 2. The molecule has 0 saturated heterocycles. The second kappa shape index (κ2) is 9.21. The predicted molar refractivity (Wildman–Crippen MR) is 138 cm³/mol. The molecule has 3 heterocycles. The van der Waals surface area contributed by atoms with Gasteiger partial charge in [-0.3, -0.25) is 9.48 Å². The third-order valence-corrected chi connectivity index (χ3v) is 6.10. The van der Waals surface area contributed by atoms with E-state index in [0.717, 1.165) is 27.8 Å². The molecule has 8 heteroatoms. The summed E-state index contributed by atoms with van der Waals surface area (Å²) in [5, 5.41) is 11.7. The predicted octanol–water partition coefficient (Wildman–Crippen LogP) is 4.73. The SMILES string of the molecule is CCOC1=NC2=C(c3ccc(OC)cc3)C(C)C(=O)N(c3ccc4nn(C)cc4c3)N=C2CC=C1. The standard InChI is InChI=1S/C27H27N5O3/c1-5-35-24-8-6-7-23-26(28-24)25(18-9-12-21(34-4)13-10-18)17(2)27(33)32(30-23)20-11-14-22-19(15-20)16-31(3)29-22/h6,8-17H,5,7H2,1-4H3. The summed E-state index contributed by atoms with van der Waals surface area (Å²) in [4.78, 5) is 18.7. The van der Waals surface area contributed by atoms with Crippen LogP contribution in [0, 0.1) is 5.92 Å². The van der Waals surface area contributed by atoms with Crippen LogP contribution in [0.5, 0.6) is 5.75 Å². The maximum atomic E-state index is 13.9. The first-order valence-corrected chi connectivity index (χ1v) is 11.6. The van der Waals surface area contributed by atoms with E-state index in [-0.39, 0.29) is 5.91 Å². The van der Waals surface area contributed by atoms with Crippen molar-refractivity contribution in [3.8, 4) is 5.75 Å². The number of nitrogens with zero attached hydrogens (tertiary/aromatic N) is 5. The van der Waals surface area contributed by atoms with E-state index in [0.29, 0.717) is 36.0 Å². The average Bonchev–Trinajstić information content (AvgIpc) is 3.08. The van der Waals surface area contributed by atoms with Crippen LogP contribution in [0.2, 0.25) is 0 Å². The van der Waals surface area contributed by atoms with Crippen molar-refractivity contribution in [1.29, 1.82) is 0 Å². The van der Waals surface area contributed by atoms with E-state index in [1.807, 2.05) is 81.7 Å². The summed E-state index contributed by atoms with van der Waals surface area (Å²) in [7, 11) is 3.51. The lowest BCUT2D eigenvalue weighted by Crippen LogP contribution is -2.30. The van der Waals surface area contributed by atoms with E-state index < -0.39 is 5.92 Å². The van der Waals surface area contributed by atoms with Crippen LogP contribution in [0.15, 0.2) is 76.6 Å². The number of aromatic nitrogens is 2. The van der Waals surface area contributed by atoms with Crippen LogP contribution in [-0.2, 0) is 16.6 Å². The number of aryl methyl sites for hydroxylation is 1. The highest BCUT2D eigenvalue weighted by Gasteiger charge is 2.34. The van der Waals surface area contributed by atoms with Gasteiger partial charge in [-0.1, -0.05) is 18.2 Å². The monoisotopic (exact) mass is 469 g/mol. The third-order valence-electron chi connectivity index (χ3n) is 6.10. The number of benzene rings is 2. The number of amides is 1. The Kier molecular flexibility index (Phi) is 5.94. The number of hydrogen-bond acceptors (Lipinski definition) is 6. The number of carbonyl (C=O) groups is 1. The number of methoxy groups -OCH3 is 1. The Morgan fingerprint density at radius 1 is 1.14 bits per heavy atom. The Labute approximate surface area is 203 Å². The van der Waals surface area contributed by atoms with Gasteiger partial charge in [0.05, 0.1) is 42.2 Å². The summed E-state index contributed by atoms with van der Waals surface area (Å²) in [6.45, 7) is 4.31.